The minimum Gasteiger partial charge on any atom is -0.330 e. The molecule has 1 atom stereocenters. The molecule has 1 rings (SSSR count). The van der Waals surface area contributed by atoms with Crippen LogP contribution in [0.15, 0.2) is 0 Å². The van der Waals surface area contributed by atoms with E-state index in [9.17, 15) is 0 Å². The molecule has 0 aromatic heterocycles. The minimum atomic E-state index is 0.762. The van der Waals surface area contributed by atoms with E-state index in [1.54, 1.807) is 0 Å². The predicted molar refractivity (Wildman–Crippen MR) is 57.7 cm³/mol. The van der Waals surface area contributed by atoms with Crippen molar-refractivity contribution in [3.63, 3.8) is 0 Å². The van der Waals surface area contributed by atoms with Gasteiger partial charge in [0.2, 0.25) is 0 Å². The van der Waals surface area contributed by atoms with Crippen LogP contribution in [-0.2, 0) is 0 Å². The molecule has 1 aliphatic heterocycles. The van der Waals surface area contributed by atoms with Gasteiger partial charge in [0.25, 0.3) is 0 Å². The Hall–Kier alpha value is -0.0800. The molecule has 0 aliphatic carbocycles. The summed E-state index contributed by atoms with van der Waals surface area (Å²) in [5.74, 6) is 0.983. The van der Waals surface area contributed by atoms with E-state index in [0.717, 1.165) is 18.5 Å². The van der Waals surface area contributed by atoms with Gasteiger partial charge in [-0.2, -0.15) is 0 Å². The summed E-state index contributed by atoms with van der Waals surface area (Å²) >= 11 is 0. The third-order valence-electron chi connectivity index (χ3n) is 3.17. The maximum absolute atomic E-state index is 5.59. The van der Waals surface area contributed by atoms with Crippen molar-refractivity contribution in [2.75, 3.05) is 19.6 Å². The molecule has 0 saturated carbocycles. The second-order valence-electron chi connectivity index (χ2n) is 4.25. The van der Waals surface area contributed by atoms with E-state index in [1.165, 1.54) is 38.8 Å². The van der Waals surface area contributed by atoms with E-state index < -0.39 is 0 Å². The van der Waals surface area contributed by atoms with Gasteiger partial charge in [-0.05, 0) is 31.7 Å². The second kappa shape index (κ2) is 5.61. The van der Waals surface area contributed by atoms with E-state index in [0.29, 0.717) is 0 Å². The van der Waals surface area contributed by atoms with Crippen LogP contribution in [0.5, 0.6) is 0 Å². The Labute approximate surface area is 82.5 Å². The Morgan fingerprint density at radius 1 is 1.38 bits per heavy atom. The van der Waals surface area contributed by atoms with Crippen LogP contribution in [-0.4, -0.2) is 30.6 Å². The molecule has 2 N–H and O–H groups in total. The van der Waals surface area contributed by atoms with Gasteiger partial charge in [0.1, 0.15) is 0 Å². The van der Waals surface area contributed by atoms with Gasteiger partial charge in [-0.1, -0.05) is 20.3 Å². The molecule has 13 heavy (non-hydrogen) atoms. The predicted octanol–water partition coefficient (Wildman–Crippen LogP) is 1.85. The smallest absolute Gasteiger partial charge is 0.0105 e. The van der Waals surface area contributed by atoms with E-state index in [4.69, 9.17) is 5.73 Å². The van der Waals surface area contributed by atoms with Crippen LogP contribution in [0.1, 0.15) is 39.5 Å². The molecule has 1 heterocycles. The van der Waals surface area contributed by atoms with E-state index in [1.807, 2.05) is 0 Å². The molecule has 2 nitrogen and oxygen atoms in total. The molecule has 1 unspecified atom stereocenters. The zero-order chi connectivity index (χ0) is 9.68. The summed E-state index contributed by atoms with van der Waals surface area (Å²) in [7, 11) is 0. The molecular weight excluding hydrogens is 160 g/mol. The van der Waals surface area contributed by atoms with Gasteiger partial charge < -0.3 is 5.73 Å². The Kier molecular flexibility index (Phi) is 4.74. The lowest BCUT2D eigenvalue weighted by Gasteiger charge is -2.44. The van der Waals surface area contributed by atoms with Crippen LogP contribution in [0.4, 0.5) is 0 Å². The molecule has 78 valence electrons. The molecule has 1 fully saturated rings. The van der Waals surface area contributed by atoms with Crippen LogP contribution in [0.25, 0.3) is 0 Å². The summed E-state index contributed by atoms with van der Waals surface area (Å²) in [5.41, 5.74) is 5.59. The highest BCUT2D eigenvalue weighted by Gasteiger charge is 2.29. The van der Waals surface area contributed by atoms with Crippen molar-refractivity contribution in [1.82, 2.24) is 4.90 Å². The van der Waals surface area contributed by atoms with Crippen molar-refractivity contribution in [2.45, 2.75) is 45.6 Å². The fourth-order valence-corrected chi connectivity index (χ4v) is 2.34. The van der Waals surface area contributed by atoms with Crippen molar-refractivity contribution < 1.29 is 0 Å². The van der Waals surface area contributed by atoms with Gasteiger partial charge in [-0.25, -0.2) is 0 Å². The SMILES string of the molecule is CCCC1CN(C(CC)CCN)C1. The zero-order valence-electron chi connectivity index (χ0n) is 9.13. The van der Waals surface area contributed by atoms with Crippen molar-refractivity contribution in [2.24, 2.45) is 11.7 Å². The van der Waals surface area contributed by atoms with Crippen molar-refractivity contribution in [3.8, 4) is 0 Å². The Balaban J connectivity index is 2.16. The molecular formula is C11H24N2. The molecule has 1 saturated heterocycles. The highest BCUT2D eigenvalue weighted by molar-refractivity contribution is 4.84. The molecule has 1 aliphatic rings. The van der Waals surface area contributed by atoms with Crippen molar-refractivity contribution in [1.29, 1.82) is 0 Å². The van der Waals surface area contributed by atoms with Crippen LogP contribution in [0, 0.1) is 5.92 Å². The first kappa shape index (κ1) is 11.0. The molecule has 0 spiro atoms. The molecule has 0 amide bonds. The normalized spacial score (nSPS) is 21.5. The highest BCUT2D eigenvalue weighted by Crippen LogP contribution is 2.24. The average Bonchev–Trinajstić information content (AvgIpc) is 2.07. The number of likely N-dealkylation sites (tertiary alicyclic amines) is 1. The van der Waals surface area contributed by atoms with Gasteiger partial charge in [0, 0.05) is 19.1 Å². The molecule has 0 bridgehead atoms. The van der Waals surface area contributed by atoms with Gasteiger partial charge in [0.05, 0.1) is 0 Å². The van der Waals surface area contributed by atoms with Crippen molar-refractivity contribution in [3.05, 3.63) is 0 Å². The number of hydrogen-bond acceptors (Lipinski definition) is 2. The number of rotatable bonds is 6. The summed E-state index contributed by atoms with van der Waals surface area (Å²) in [4.78, 5) is 2.60. The van der Waals surface area contributed by atoms with Crippen LogP contribution >= 0.6 is 0 Å². The Bertz CT molecular complexity index is 130. The monoisotopic (exact) mass is 184 g/mol. The average molecular weight is 184 g/mol. The molecule has 0 aromatic rings. The lowest BCUT2D eigenvalue weighted by atomic mass is 9.92. The van der Waals surface area contributed by atoms with E-state index in [2.05, 4.69) is 18.7 Å². The first-order chi connectivity index (χ1) is 6.31. The number of nitrogens with zero attached hydrogens (tertiary/aromatic N) is 1. The zero-order valence-corrected chi connectivity index (χ0v) is 9.13. The van der Waals surface area contributed by atoms with Gasteiger partial charge in [-0.3, -0.25) is 4.90 Å². The largest absolute Gasteiger partial charge is 0.330 e. The third-order valence-corrected chi connectivity index (χ3v) is 3.17. The molecule has 2 heteroatoms. The first-order valence-electron chi connectivity index (χ1n) is 5.75. The fraction of sp³-hybridized carbons (Fsp3) is 1.00. The lowest BCUT2D eigenvalue weighted by molar-refractivity contribution is 0.0429. The summed E-state index contributed by atoms with van der Waals surface area (Å²) in [6.45, 7) is 8.04. The van der Waals surface area contributed by atoms with Crippen LogP contribution in [0.2, 0.25) is 0 Å². The Morgan fingerprint density at radius 2 is 2.08 bits per heavy atom. The van der Waals surface area contributed by atoms with Crippen molar-refractivity contribution >= 4 is 0 Å². The first-order valence-corrected chi connectivity index (χ1v) is 5.75. The number of hydrogen-bond donors (Lipinski definition) is 1. The third kappa shape index (κ3) is 2.96. The fourth-order valence-electron chi connectivity index (χ4n) is 2.34. The lowest BCUT2D eigenvalue weighted by Crippen LogP contribution is -2.52. The summed E-state index contributed by atoms with van der Waals surface area (Å²) < 4.78 is 0. The van der Waals surface area contributed by atoms with Gasteiger partial charge in [-0.15, -0.1) is 0 Å². The summed E-state index contributed by atoms with van der Waals surface area (Å²) in [6.07, 6.45) is 5.19. The molecule has 0 radical (unpaired) electrons. The quantitative estimate of drug-likeness (QED) is 0.682. The maximum atomic E-state index is 5.59. The Morgan fingerprint density at radius 3 is 2.54 bits per heavy atom. The van der Waals surface area contributed by atoms with Gasteiger partial charge in [0.15, 0.2) is 0 Å². The highest BCUT2D eigenvalue weighted by atomic mass is 15.2. The van der Waals surface area contributed by atoms with E-state index >= 15 is 0 Å². The second-order valence-corrected chi connectivity index (χ2v) is 4.25. The topological polar surface area (TPSA) is 29.3 Å². The van der Waals surface area contributed by atoms with E-state index in [-0.39, 0.29) is 0 Å². The van der Waals surface area contributed by atoms with Crippen LogP contribution in [0.3, 0.4) is 0 Å². The molecule has 0 aromatic carbocycles. The summed E-state index contributed by atoms with van der Waals surface area (Å²) in [5, 5.41) is 0. The maximum Gasteiger partial charge on any atom is 0.0105 e. The van der Waals surface area contributed by atoms with Gasteiger partial charge >= 0.3 is 0 Å². The number of nitrogens with two attached hydrogens (primary N) is 1. The van der Waals surface area contributed by atoms with Crippen LogP contribution < -0.4 is 5.73 Å². The minimum absolute atomic E-state index is 0.762. The standard InChI is InChI=1S/C11H24N2/c1-3-5-10-8-13(9-10)11(4-2)6-7-12/h10-11H,3-9,12H2,1-2H3. The summed E-state index contributed by atoms with van der Waals surface area (Å²) in [6, 6.07) is 0.762.